The van der Waals surface area contributed by atoms with Crippen LogP contribution >= 0.6 is 12.9 Å². The van der Waals surface area contributed by atoms with E-state index in [4.69, 9.17) is 0 Å². The second-order valence-electron chi connectivity index (χ2n) is 7.83. The van der Waals surface area contributed by atoms with Crippen LogP contribution in [0.1, 0.15) is 38.5 Å². The van der Waals surface area contributed by atoms with Crippen molar-refractivity contribution in [2.75, 3.05) is 6.61 Å². The smallest absolute Gasteiger partial charge is 0.441 e. The summed E-state index contributed by atoms with van der Waals surface area (Å²) in [6.45, 7) is -0.487. The molecule has 0 N–H and O–H groups in total. The summed E-state index contributed by atoms with van der Waals surface area (Å²) in [6.07, 6.45) is -7.22. The number of alkyl halides is 6. The van der Waals surface area contributed by atoms with Crippen LogP contribution in [0.25, 0.3) is 0 Å². The molecule has 0 atom stereocenters. The zero-order valence-corrected chi connectivity index (χ0v) is 14.4. The first kappa shape index (κ1) is 20.1. The Morgan fingerprint density at radius 2 is 1.35 bits per heavy atom. The van der Waals surface area contributed by atoms with E-state index < -0.39 is 35.9 Å². The fourth-order valence-corrected chi connectivity index (χ4v) is 5.48. The first-order valence-corrected chi connectivity index (χ1v) is 8.59. The number of esters is 1. The first-order chi connectivity index (χ1) is 11.9. The molecule has 4 aliphatic rings. The van der Waals surface area contributed by atoms with E-state index in [-0.39, 0.29) is 0 Å². The van der Waals surface area contributed by atoms with Crippen LogP contribution in [-0.4, -0.2) is 30.5 Å². The third-order valence-corrected chi connectivity index (χ3v) is 6.00. The molecule has 0 amide bonds. The van der Waals surface area contributed by atoms with E-state index in [1.807, 2.05) is 0 Å². The molecule has 0 heterocycles. The number of halogens is 6. The number of carbonyl (C=O) groups excluding carboxylic acids is 1. The van der Waals surface area contributed by atoms with Gasteiger partial charge in [0.2, 0.25) is 0 Å². The molecule has 0 unspecified atom stereocenters. The first-order valence-electron chi connectivity index (χ1n) is 8.22. The van der Waals surface area contributed by atoms with E-state index in [0.717, 1.165) is 19.3 Å². The van der Waals surface area contributed by atoms with Gasteiger partial charge in [0, 0.05) is 18.3 Å². The summed E-state index contributed by atoms with van der Waals surface area (Å²) in [5.41, 5.74) is -5.78. The van der Waals surface area contributed by atoms with Crippen molar-refractivity contribution in [2.45, 2.75) is 56.5 Å². The van der Waals surface area contributed by atoms with Crippen LogP contribution in [0.15, 0.2) is 0 Å². The van der Waals surface area contributed by atoms with Crippen LogP contribution in [0.2, 0.25) is 0 Å². The predicted octanol–water partition coefficient (Wildman–Crippen LogP) is 4.40. The van der Waals surface area contributed by atoms with Gasteiger partial charge < -0.3 is 4.74 Å². The molecule has 26 heavy (non-hydrogen) atoms. The molecule has 4 aliphatic carbocycles. The molecule has 4 bridgehead atoms. The molecular formula is C15H18F6O4S. The summed E-state index contributed by atoms with van der Waals surface area (Å²) in [7, 11) is 0. The van der Waals surface area contributed by atoms with Crippen molar-refractivity contribution >= 4 is 18.9 Å². The van der Waals surface area contributed by atoms with Gasteiger partial charge in [0.1, 0.15) is 0 Å². The van der Waals surface area contributed by atoms with E-state index >= 15 is 0 Å². The molecule has 4 fully saturated rings. The summed E-state index contributed by atoms with van der Waals surface area (Å²) in [4.78, 5) is 15.3. The maximum absolute atomic E-state index is 13.1. The molecule has 0 aromatic heterocycles. The third-order valence-electron chi connectivity index (χ3n) is 5.92. The van der Waals surface area contributed by atoms with E-state index in [2.05, 4.69) is 26.9 Å². The van der Waals surface area contributed by atoms with Gasteiger partial charge in [-0.05, 0) is 56.3 Å². The highest BCUT2D eigenvalue weighted by atomic mass is 32.1. The minimum Gasteiger partial charge on any atom is -0.462 e. The summed E-state index contributed by atoms with van der Waals surface area (Å²) in [5.74, 6) is -1.40. The standard InChI is InChI=1S/C15H18F6O4S/c16-14(17,18)13(24-25-26,15(19,20)21)11(22)23-7-12-4-8-1-9(5-12)3-10(2-8)6-12/h8-10,26H,1-7H2. The minimum atomic E-state index is -6.13. The number of hydrogen-bond donors (Lipinski definition) is 1. The fraction of sp³-hybridized carbons (Fsp3) is 0.933. The summed E-state index contributed by atoms with van der Waals surface area (Å²) >= 11 is 2.79. The molecular weight excluding hydrogens is 390 g/mol. The van der Waals surface area contributed by atoms with Crippen molar-refractivity contribution < 1.29 is 45.1 Å². The van der Waals surface area contributed by atoms with Crippen LogP contribution in [0.3, 0.4) is 0 Å². The van der Waals surface area contributed by atoms with Gasteiger partial charge >= 0.3 is 23.9 Å². The van der Waals surface area contributed by atoms with Gasteiger partial charge in [0.15, 0.2) is 0 Å². The highest BCUT2D eigenvalue weighted by Gasteiger charge is 2.80. The van der Waals surface area contributed by atoms with Crippen LogP contribution in [-0.2, 0) is 18.8 Å². The average molecular weight is 408 g/mol. The molecule has 4 nitrogen and oxygen atoms in total. The van der Waals surface area contributed by atoms with E-state index in [0.29, 0.717) is 37.0 Å². The maximum Gasteiger partial charge on any atom is 0.441 e. The highest BCUT2D eigenvalue weighted by Crippen LogP contribution is 2.60. The van der Waals surface area contributed by atoms with Gasteiger partial charge in [-0.1, -0.05) is 0 Å². The predicted molar refractivity (Wildman–Crippen MR) is 77.6 cm³/mol. The van der Waals surface area contributed by atoms with Crippen LogP contribution in [0.5, 0.6) is 0 Å². The largest absolute Gasteiger partial charge is 0.462 e. The molecule has 0 radical (unpaired) electrons. The second kappa shape index (κ2) is 6.44. The number of ether oxygens (including phenoxy) is 1. The van der Waals surface area contributed by atoms with Gasteiger partial charge in [0.05, 0.1) is 6.61 Å². The Morgan fingerprint density at radius 3 is 1.69 bits per heavy atom. The highest BCUT2D eigenvalue weighted by molar-refractivity contribution is 7.74. The molecule has 0 aliphatic heterocycles. The molecule has 0 saturated heterocycles. The monoisotopic (exact) mass is 408 g/mol. The Hall–Kier alpha value is -0.680. The Labute approximate surface area is 151 Å². The summed E-state index contributed by atoms with van der Waals surface area (Å²) in [5, 5.41) is 0. The van der Waals surface area contributed by atoms with E-state index in [9.17, 15) is 31.1 Å². The van der Waals surface area contributed by atoms with Crippen molar-refractivity contribution in [1.29, 1.82) is 0 Å². The molecule has 0 spiro atoms. The molecule has 0 aromatic carbocycles. The van der Waals surface area contributed by atoms with Crippen LogP contribution < -0.4 is 0 Å². The average Bonchev–Trinajstić information content (AvgIpc) is 2.46. The lowest BCUT2D eigenvalue weighted by Crippen LogP contribution is -2.64. The fourth-order valence-electron chi connectivity index (χ4n) is 5.36. The van der Waals surface area contributed by atoms with Gasteiger partial charge in [-0.2, -0.15) is 35.6 Å². The third kappa shape index (κ3) is 3.19. The summed E-state index contributed by atoms with van der Waals surface area (Å²) in [6, 6.07) is 0. The molecule has 4 saturated carbocycles. The lowest BCUT2D eigenvalue weighted by Gasteiger charge is -2.56. The Bertz CT molecular complexity index is 512. The summed E-state index contributed by atoms with van der Waals surface area (Å²) < 4.78 is 86.7. The van der Waals surface area contributed by atoms with Crippen molar-refractivity contribution in [2.24, 2.45) is 23.2 Å². The van der Waals surface area contributed by atoms with Gasteiger partial charge in [0.25, 0.3) is 0 Å². The topological polar surface area (TPSA) is 44.8 Å². The zero-order chi connectivity index (χ0) is 19.4. The number of hydrogen-bond acceptors (Lipinski definition) is 5. The van der Waals surface area contributed by atoms with E-state index in [1.165, 1.54) is 0 Å². The number of rotatable bonds is 5. The minimum absolute atomic E-state index is 0.395. The van der Waals surface area contributed by atoms with Crippen molar-refractivity contribution in [3.63, 3.8) is 0 Å². The maximum atomic E-state index is 13.1. The van der Waals surface area contributed by atoms with Crippen molar-refractivity contribution in [3.8, 4) is 0 Å². The van der Waals surface area contributed by atoms with Crippen molar-refractivity contribution in [3.05, 3.63) is 0 Å². The molecule has 11 heteroatoms. The van der Waals surface area contributed by atoms with E-state index in [1.54, 1.807) is 0 Å². The SMILES string of the molecule is O=C(OCC12CC3CC(CC(C3)C1)C2)C(OOS)(C(F)(F)F)C(F)(F)F. The van der Waals surface area contributed by atoms with Gasteiger partial charge in [-0.15, -0.1) is 0 Å². The van der Waals surface area contributed by atoms with Crippen LogP contribution in [0, 0.1) is 23.2 Å². The molecule has 0 aromatic rings. The lowest BCUT2D eigenvalue weighted by molar-refractivity contribution is -0.434. The normalized spacial score (nSPS) is 34.2. The number of carbonyl (C=O) groups is 1. The zero-order valence-electron chi connectivity index (χ0n) is 13.5. The lowest BCUT2D eigenvalue weighted by atomic mass is 9.50. The van der Waals surface area contributed by atoms with Gasteiger partial charge in [-0.3, -0.25) is 0 Å². The Morgan fingerprint density at radius 1 is 0.923 bits per heavy atom. The molecule has 150 valence electrons. The second-order valence-corrected chi connectivity index (χ2v) is 7.98. The number of thiol groups is 1. The van der Waals surface area contributed by atoms with Crippen molar-refractivity contribution in [1.82, 2.24) is 0 Å². The quantitative estimate of drug-likeness (QED) is 0.183. The Kier molecular flexibility index (Phi) is 4.97. The van der Waals surface area contributed by atoms with Gasteiger partial charge in [-0.25, -0.2) is 4.79 Å². The molecule has 4 rings (SSSR count). The van der Waals surface area contributed by atoms with Crippen LogP contribution in [0.4, 0.5) is 26.3 Å². The Balaban J connectivity index is 1.78.